The van der Waals surface area contributed by atoms with E-state index in [0.717, 1.165) is 16.3 Å². The number of nitrogens with zero attached hydrogens (tertiary/aromatic N) is 2. The Bertz CT molecular complexity index is 762. The third-order valence-corrected chi connectivity index (χ3v) is 3.65. The summed E-state index contributed by atoms with van der Waals surface area (Å²) in [5.74, 6) is 0. The van der Waals surface area contributed by atoms with Gasteiger partial charge in [0.25, 0.3) is 5.56 Å². The van der Waals surface area contributed by atoms with Crippen molar-refractivity contribution in [3.05, 3.63) is 58.1 Å². The molecule has 3 aromatic heterocycles. The number of aromatic nitrogens is 3. The van der Waals surface area contributed by atoms with Crippen LogP contribution in [0.2, 0.25) is 0 Å². The van der Waals surface area contributed by atoms with E-state index in [-0.39, 0.29) is 5.56 Å². The molecule has 1 N–H and O–H groups in total. The smallest absolute Gasteiger partial charge is 0.257 e. The third-order valence-electron chi connectivity index (χ3n) is 2.76. The van der Waals surface area contributed by atoms with Crippen LogP contribution in [0.1, 0.15) is 5.69 Å². The van der Waals surface area contributed by atoms with Crippen molar-refractivity contribution >= 4 is 11.3 Å². The predicted molar refractivity (Wildman–Crippen MR) is 76.1 cm³/mol. The number of H-pyrrole nitrogens is 1. The lowest BCUT2D eigenvalue weighted by Crippen LogP contribution is -2.09. The van der Waals surface area contributed by atoms with Crippen molar-refractivity contribution in [1.29, 1.82) is 0 Å². The van der Waals surface area contributed by atoms with E-state index in [4.69, 9.17) is 0 Å². The SMILES string of the molecule is Cc1ccc(-c2csc(-c3ccncc3)n2)c(=O)[nH]1. The van der Waals surface area contributed by atoms with Gasteiger partial charge in [0.2, 0.25) is 0 Å². The highest BCUT2D eigenvalue weighted by Crippen LogP contribution is 2.26. The van der Waals surface area contributed by atoms with Crippen LogP contribution in [-0.4, -0.2) is 15.0 Å². The lowest BCUT2D eigenvalue weighted by atomic mass is 10.2. The minimum atomic E-state index is -0.105. The molecule has 3 heterocycles. The van der Waals surface area contributed by atoms with Crippen LogP contribution < -0.4 is 5.56 Å². The first kappa shape index (κ1) is 11.8. The molecule has 0 aliphatic rings. The monoisotopic (exact) mass is 269 g/mol. The molecule has 19 heavy (non-hydrogen) atoms. The van der Waals surface area contributed by atoms with Gasteiger partial charge in [0.15, 0.2) is 0 Å². The number of nitrogens with one attached hydrogen (secondary N) is 1. The zero-order chi connectivity index (χ0) is 13.2. The maximum absolute atomic E-state index is 11.9. The Balaban J connectivity index is 2.04. The van der Waals surface area contributed by atoms with Gasteiger partial charge in [-0.1, -0.05) is 0 Å². The molecule has 0 unspecified atom stereocenters. The number of pyridine rings is 2. The maximum atomic E-state index is 11.9. The second-order valence-electron chi connectivity index (χ2n) is 4.16. The number of aryl methyl sites for hydroxylation is 1. The number of hydrogen-bond acceptors (Lipinski definition) is 4. The Kier molecular flexibility index (Phi) is 2.97. The lowest BCUT2D eigenvalue weighted by molar-refractivity contribution is 1.14. The van der Waals surface area contributed by atoms with Gasteiger partial charge in [-0.25, -0.2) is 4.98 Å². The second-order valence-corrected chi connectivity index (χ2v) is 5.02. The Hall–Kier alpha value is -2.27. The molecule has 0 radical (unpaired) electrons. The maximum Gasteiger partial charge on any atom is 0.257 e. The van der Waals surface area contributed by atoms with Gasteiger partial charge in [-0.05, 0) is 31.2 Å². The molecule has 5 heteroatoms. The lowest BCUT2D eigenvalue weighted by Gasteiger charge is -1.97. The number of rotatable bonds is 2. The highest BCUT2D eigenvalue weighted by atomic mass is 32.1. The van der Waals surface area contributed by atoms with E-state index >= 15 is 0 Å². The molecule has 0 atom stereocenters. The van der Waals surface area contributed by atoms with E-state index in [1.54, 1.807) is 18.5 Å². The molecule has 0 saturated heterocycles. The van der Waals surface area contributed by atoms with Gasteiger partial charge in [-0.3, -0.25) is 9.78 Å². The Morgan fingerprint density at radius 2 is 1.95 bits per heavy atom. The molecular weight excluding hydrogens is 258 g/mol. The van der Waals surface area contributed by atoms with Crippen LogP contribution in [-0.2, 0) is 0 Å². The minimum absolute atomic E-state index is 0.105. The number of thiazole rings is 1. The molecule has 0 aliphatic carbocycles. The Morgan fingerprint density at radius 3 is 2.68 bits per heavy atom. The number of aromatic amines is 1. The van der Waals surface area contributed by atoms with E-state index < -0.39 is 0 Å². The van der Waals surface area contributed by atoms with E-state index in [9.17, 15) is 4.79 Å². The quantitative estimate of drug-likeness (QED) is 0.778. The molecule has 0 saturated carbocycles. The largest absolute Gasteiger partial charge is 0.326 e. The zero-order valence-corrected chi connectivity index (χ0v) is 11.1. The summed E-state index contributed by atoms with van der Waals surface area (Å²) >= 11 is 1.52. The topological polar surface area (TPSA) is 58.6 Å². The van der Waals surface area contributed by atoms with Crippen molar-refractivity contribution < 1.29 is 0 Å². The van der Waals surface area contributed by atoms with E-state index in [1.165, 1.54) is 11.3 Å². The summed E-state index contributed by atoms with van der Waals surface area (Å²) < 4.78 is 0. The first-order chi connectivity index (χ1) is 9.24. The first-order valence-corrected chi connectivity index (χ1v) is 6.68. The summed E-state index contributed by atoms with van der Waals surface area (Å²) in [5.41, 5.74) is 3.06. The van der Waals surface area contributed by atoms with E-state index in [2.05, 4.69) is 15.0 Å². The van der Waals surface area contributed by atoms with Gasteiger partial charge >= 0.3 is 0 Å². The van der Waals surface area contributed by atoms with Crippen LogP contribution in [0, 0.1) is 6.92 Å². The summed E-state index contributed by atoms with van der Waals surface area (Å²) in [6.45, 7) is 1.86. The molecule has 0 aromatic carbocycles. The van der Waals surface area contributed by atoms with Crippen molar-refractivity contribution in [3.63, 3.8) is 0 Å². The van der Waals surface area contributed by atoms with Crippen LogP contribution in [0.4, 0.5) is 0 Å². The van der Waals surface area contributed by atoms with Crippen molar-refractivity contribution in [3.8, 4) is 21.8 Å². The van der Waals surface area contributed by atoms with Crippen LogP contribution in [0.25, 0.3) is 21.8 Å². The van der Waals surface area contributed by atoms with Crippen LogP contribution >= 0.6 is 11.3 Å². The Labute approximate surface area is 113 Å². The summed E-state index contributed by atoms with van der Waals surface area (Å²) in [6, 6.07) is 7.49. The molecular formula is C14H11N3OS. The van der Waals surface area contributed by atoms with Crippen molar-refractivity contribution in [1.82, 2.24) is 15.0 Å². The van der Waals surface area contributed by atoms with Crippen molar-refractivity contribution in [2.75, 3.05) is 0 Å². The molecule has 4 nitrogen and oxygen atoms in total. The first-order valence-electron chi connectivity index (χ1n) is 5.80. The van der Waals surface area contributed by atoms with E-state index in [1.807, 2.05) is 30.5 Å². The van der Waals surface area contributed by atoms with E-state index in [0.29, 0.717) is 11.3 Å². The molecule has 0 aliphatic heterocycles. The van der Waals surface area contributed by atoms with Gasteiger partial charge < -0.3 is 4.98 Å². The minimum Gasteiger partial charge on any atom is -0.326 e. The van der Waals surface area contributed by atoms with Crippen LogP contribution in [0.3, 0.4) is 0 Å². The van der Waals surface area contributed by atoms with Gasteiger partial charge in [0.1, 0.15) is 5.01 Å². The molecule has 0 fully saturated rings. The zero-order valence-electron chi connectivity index (χ0n) is 10.3. The molecule has 94 valence electrons. The summed E-state index contributed by atoms with van der Waals surface area (Å²) in [6.07, 6.45) is 3.46. The van der Waals surface area contributed by atoms with Gasteiger partial charge in [-0.15, -0.1) is 11.3 Å². The highest BCUT2D eigenvalue weighted by Gasteiger charge is 2.09. The highest BCUT2D eigenvalue weighted by molar-refractivity contribution is 7.13. The van der Waals surface area contributed by atoms with Crippen molar-refractivity contribution in [2.45, 2.75) is 6.92 Å². The fourth-order valence-electron chi connectivity index (χ4n) is 1.80. The van der Waals surface area contributed by atoms with Gasteiger partial charge in [0, 0.05) is 29.0 Å². The normalized spacial score (nSPS) is 10.6. The molecule has 0 bridgehead atoms. The second kappa shape index (κ2) is 4.78. The number of hydrogen-bond donors (Lipinski definition) is 1. The summed E-state index contributed by atoms with van der Waals surface area (Å²) in [7, 11) is 0. The molecule has 0 amide bonds. The third kappa shape index (κ3) is 2.32. The molecule has 3 rings (SSSR count). The average Bonchev–Trinajstić information content (AvgIpc) is 2.89. The molecule has 0 spiro atoms. The van der Waals surface area contributed by atoms with Gasteiger partial charge in [-0.2, -0.15) is 0 Å². The standard InChI is InChI=1S/C14H11N3OS/c1-9-2-3-11(13(18)16-9)12-8-19-14(17-12)10-4-6-15-7-5-10/h2-8H,1H3,(H,16,18). The summed E-state index contributed by atoms with van der Waals surface area (Å²) in [5, 5.41) is 2.78. The average molecular weight is 269 g/mol. The van der Waals surface area contributed by atoms with Gasteiger partial charge in [0.05, 0.1) is 11.3 Å². The molecule has 3 aromatic rings. The summed E-state index contributed by atoms with van der Waals surface area (Å²) in [4.78, 5) is 23.2. The predicted octanol–water partition coefficient (Wildman–Crippen LogP) is 2.87. The fourth-order valence-corrected chi connectivity index (χ4v) is 2.62. The van der Waals surface area contributed by atoms with Crippen molar-refractivity contribution in [2.24, 2.45) is 0 Å². The Morgan fingerprint density at radius 1 is 1.16 bits per heavy atom. The van der Waals surface area contributed by atoms with Crippen LogP contribution in [0.15, 0.2) is 46.8 Å². The fraction of sp³-hybridized carbons (Fsp3) is 0.0714. The van der Waals surface area contributed by atoms with Crippen LogP contribution in [0.5, 0.6) is 0 Å².